The number of rotatable bonds is 2. The second-order valence-corrected chi connectivity index (χ2v) is 4.14. The summed E-state index contributed by atoms with van der Waals surface area (Å²) in [5.41, 5.74) is -0.253. The van der Waals surface area contributed by atoms with Crippen molar-refractivity contribution in [1.82, 2.24) is 5.32 Å². The van der Waals surface area contributed by atoms with Crippen molar-refractivity contribution in [3.8, 4) is 5.75 Å². The van der Waals surface area contributed by atoms with Crippen LogP contribution in [0.25, 0.3) is 0 Å². The molecule has 1 aromatic rings. The monoisotopic (exact) mass is 215 g/mol. The van der Waals surface area contributed by atoms with Gasteiger partial charge in [-0.15, -0.1) is 0 Å². The summed E-state index contributed by atoms with van der Waals surface area (Å²) in [6, 6.07) is 4.13. The third-order valence-corrected chi connectivity index (χ3v) is 2.56. The lowest BCUT2D eigenvalue weighted by Crippen LogP contribution is -2.61. The normalized spacial score (nSPS) is 18.8. The quantitative estimate of drug-likeness (QED) is 0.817. The third-order valence-electron chi connectivity index (χ3n) is 2.25. The molecule has 0 aromatic heterocycles. The molecule has 2 nitrogen and oxygen atoms in total. The fourth-order valence-corrected chi connectivity index (χ4v) is 1.53. The molecule has 1 N–H and O–H groups in total. The average Bonchev–Trinajstić information content (AvgIpc) is 2.09. The lowest BCUT2D eigenvalue weighted by atomic mass is 10.00. The SMILES string of the molecule is CC1(Oc2cc(F)ccc2Cl)CNC1. The van der Waals surface area contributed by atoms with Crippen LogP contribution in [-0.2, 0) is 0 Å². The molecule has 0 radical (unpaired) electrons. The summed E-state index contributed by atoms with van der Waals surface area (Å²) < 4.78 is 18.5. The van der Waals surface area contributed by atoms with E-state index < -0.39 is 0 Å². The van der Waals surface area contributed by atoms with E-state index in [4.69, 9.17) is 16.3 Å². The first-order chi connectivity index (χ1) is 6.59. The summed E-state index contributed by atoms with van der Waals surface area (Å²) in [5, 5.41) is 3.54. The van der Waals surface area contributed by atoms with Gasteiger partial charge in [0.2, 0.25) is 0 Å². The molecule has 0 saturated carbocycles. The second kappa shape index (κ2) is 3.41. The molecule has 0 unspecified atom stereocenters. The van der Waals surface area contributed by atoms with Gasteiger partial charge >= 0.3 is 0 Å². The summed E-state index contributed by atoms with van der Waals surface area (Å²) >= 11 is 5.87. The molecule has 14 heavy (non-hydrogen) atoms. The Labute approximate surface area is 87.0 Å². The Bertz CT molecular complexity index is 352. The maximum absolute atomic E-state index is 12.9. The van der Waals surface area contributed by atoms with Crippen LogP contribution in [0, 0.1) is 5.82 Å². The van der Waals surface area contributed by atoms with Gasteiger partial charge in [0.15, 0.2) is 0 Å². The zero-order chi connectivity index (χ0) is 10.2. The zero-order valence-corrected chi connectivity index (χ0v) is 8.57. The van der Waals surface area contributed by atoms with Gasteiger partial charge in [0.1, 0.15) is 17.2 Å². The average molecular weight is 216 g/mol. The van der Waals surface area contributed by atoms with E-state index in [9.17, 15) is 4.39 Å². The molecule has 1 saturated heterocycles. The fraction of sp³-hybridized carbons (Fsp3) is 0.400. The van der Waals surface area contributed by atoms with E-state index in [1.165, 1.54) is 18.2 Å². The van der Waals surface area contributed by atoms with Gasteiger partial charge in [-0.3, -0.25) is 0 Å². The molecular formula is C10H11ClFNO. The van der Waals surface area contributed by atoms with Crippen molar-refractivity contribution < 1.29 is 9.13 Å². The van der Waals surface area contributed by atoms with Crippen LogP contribution in [0.5, 0.6) is 5.75 Å². The van der Waals surface area contributed by atoms with Crippen molar-refractivity contribution in [1.29, 1.82) is 0 Å². The van der Waals surface area contributed by atoms with Crippen molar-refractivity contribution in [2.24, 2.45) is 0 Å². The molecule has 4 heteroatoms. The van der Waals surface area contributed by atoms with Crippen LogP contribution in [0.4, 0.5) is 4.39 Å². The summed E-state index contributed by atoms with van der Waals surface area (Å²) in [6.07, 6.45) is 0. The summed E-state index contributed by atoms with van der Waals surface area (Å²) in [5.74, 6) is 0.0796. The van der Waals surface area contributed by atoms with E-state index in [0.29, 0.717) is 10.8 Å². The number of nitrogens with one attached hydrogen (secondary N) is 1. The van der Waals surface area contributed by atoms with Crippen LogP contribution in [0.3, 0.4) is 0 Å². The highest BCUT2D eigenvalue weighted by Gasteiger charge is 2.34. The van der Waals surface area contributed by atoms with Gasteiger partial charge in [-0.05, 0) is 19.1 Å². The van der Waals surface area contributed by atoms with Gasteiger partial charge in [-0.1, -0.05) is 11.6 Å². The number of halogens is 2. The van der Waals surface area contributed by atoms with E-state index >= 15 is 0 Å². The van der Waals surface area contributed by atoms with E-state index in [2.05, 4.69) is 5.32 Å². The Morgan fingerprint density at radius 3 is 2.79 bits per heavy atom. The first-order valence-electron chi connectivity index (χ1n) is 4.44. The van der Waals surface area contributed by atoms with Crippen LogP contribution in [0.15, 0.2) is 18.2 Å². The van der Waals surface area contributed by atoms with Gasteiger partial charge in [0.05, 0.1) is 5.02 Å². The lowest BCUT2D eigenvalue weighted by Gasteiger charge is -2.39. The number of hydrogen-bond donors (Lipinski definition) is 1. The zero-order valence-electron chi connectivity index (χ0n) is 7.81. The maximum Gasteiger partial charge on any atom is 0.141 e. The smallest absolute Gasteiger partial charge is 0.141 e. The van der Waals surface area contributed by atoms with Crippen molar-refractivity contribution in [2.75, 3.05) is 13.1 Å². The second-order valence-electron chi connectivity index (χ2n) is 3.73. The molecule has 1 aromatic carbocycles. The summed E-state index contributed by atoms with van der Waals surface area (Å²) in [7, 11) is 0. The largest absolute Gasteiger partial charge is 0.483 e. The van der Waals surface area contributed by atoms with Crippen LogP contribution < -0.4 is 10.1 Å². The maximum atomic E-state index is 12.9. The molecule has 0 amide bonds. The van der Waals surface area contributed by atoms with Gasteiger partial charge < -0.3 is 10.1 Å². The van der Waals surface area contributed by atoms with Gasteiger partial charge in [0.25, 0.3) is 0 Å². The third kappa shape index (κ3) is 1.83. The molecule has 0 aliphatic carbocycles. The summed E-state index contributed by atoms with van der Waals surface area (Å²) in [6.45, 7) is 3.49. The van der Waals surface area contributed by atoms with Crippen LogP contribution in [0.1, 0.15) is 6.92 Å². The van der Waals surface area contributed by atoms with Crippen LogP contribution in [0.2, 0.25) is 5.02 Å². The molecule has 0 bridgehead atoms. The van der Waals surface area contributed by atoms with Crippen molar-refractivity contribution in [3.63, 3.8) is 0 Å². The number of hydrogen-bond acceptors (Lipinski definition) is 2. The number of benzene rings is 1. The number of ether oxygens (including phenoxy) is 1. The van der Waals surface area contributed by atoms with E-state index in [0.717, 1.165) is 13.1 Å². The Hall–Kier alpha value is -0.800. The molecule has 1 heterocycles. The molecule has 0 spiro atoms. The molecule has 1 aliphatic heterocycles. The highest BCUT2D eigenvalue weighted by atomic mass is 35.5. The molecular weight excluding hydrogens is 205 g/mol. The topological polar surface area (TPSA) is 21.3 Å². The predicted molar refractivity (Wildman–Crippen MR) is 53.3 cm³/mol. The van der Waals surface area contributed by atoms with Gasteiger partial charge in [0, 0.05) is 19.2 Å². The highest BCUT2D eigenvalue weighted by Crippen LogP contribution is 2.29. The van der Waals surface area contributed by atoms with E-state index in [1.807, 2.05) is 6.92 Å². The Balaban J connectivity index is 2.19. The van der Waals surface area contributed by atoms with Crippen molar-refractivity contribution in [2.45, 2.75) is 12.5 Å². The first kappa shape index (κ1) is 9.74. The fourth-order valence-electron chi connectivity index (χ4n) is 1.37. The Morgan fingerprint density at radius 2 is 2.21 bits per heavy atom. The molecule has 76 valence electrons. The minimum Gasteiger partial charge on any atom is -0.483 e. The van der Waals surface area contributed by atoms with Gasteiger partial charge in [-0.2, -0.15) is 0 Å². The minimum atomic E-state index is -0.333. The molecule has 1 fully saturated rings. The van der Waals surface area contributed by atoms with Crippen molar-refractivity contribution >= 4 is 11.6 Å². The first-order valence-corrected chi connectivity index (χ1v) is 4.82. The highest BCUT2D eigenvalue weighted by molar-refractivity contribution is 6.32. The Morgan fingerprint density at radius 1 is 1.50 bits per heavy atom. The van der Waals surface area contributed by atoms with Crippen molar-refractivity contribution in [3.05, 3.63) is 29.0 Å². The Kier molecular flexibility index (Phi) is 2.37. The van der Waals surface area contributed by atoms with Crippen LogP contribution >= 0.6 is 11.6 Å². The van der Waals surface area contributed by atoms with E-state index in [1.54, 1.807) is 0 Å². The van der Waals surface area contributed by atoms with Gasteiger partial charge in [-0.25, -0.2) is 4.39 Å². The van der Waals surface area contributed by atoms with Crippen LogP contribution in [-0.4, -0.2) is 18.7 Å². The standard InChI is InChI=1S/C10H11ClFNO/c1-10(5-13-6-10)14-9-4-7(12)2-3-8(9)11/h2-4,13H,5-6H2,1H3. The lowest BCUT2D eigenvalue weighted by molar-refractivity contribution is 0.0347. The molecule has 2 rings (SSSR count). The summed E-state index contributed by atoms with van der Waals surface area (Å²) in [4.78, 5) is 0. The molecule has 1 aliphatic rings. The predicted octanol–water partition coefficient (Wildman–Crippen LogP) is 2.22. The van der Waals surface area contributed by atoms with E-state index in [-0.39, 0.29) is 11.4 Å². The molecule has 0 atom stereocenters. The minimum absolute atomic E-state index is 0.253.